The summed E-state index contributed by atoms with van der Waals surface area (Å²) in [6.07, 6.45) is 2.03. The van der Waals surface area contributed by atoms with Gasteiger partial charge < -0.3 is 14.8 Å². The van der Waals surface area contributed by atoms with E-state index in [2.05, 4.69) is 22.3 Å². The fourth-order valence-corrected chi connectivity index (χ4v) is 1.86. The molecule has 1 rings (SSSR count). The lowest BCUT2D eigenvalue weighted by Gasteiger charge is -2.25. The molecule has 6 heteroatoms. The molecule has 98 valence electrons. The Morgan fingerprint density at radius 3 is 2.59 bits per heavy atom. The maximum atomic E-state index is 5.29. The molecule has 1 unspecified atom stereocenters. The third kappa shape index (κ3) is 3.76. The molecule has 0 aliphatic carbocycles. The molecule has 1 atom stereocenters. The molecule has 1 N–H and O–H groups in total. The third-order valence-electron chi connectivity index (χ3n) is 2.66. The summed E-state index contributed by atoms with van der Waals surface area (Å²) < 4.78 is 12.5. The second-order valence-electron chi connectivity index (χ2n) is 3.70. The molecule has 0 bridgehead atoms. The van der Waals surface area contributed by atoms with E-state index in [1.165, 1.54) is 0 Å². The first-order valence-electron chi connectivity index (χ1n) is 5.92. The maximum absolute atomic E-state index is 5.29. The monoisotopic (exact) mass is 242 g/mol. The lowest BCUT2D eigenvalue weighted by molar-refractivity contribution is -0.122. The van der Waals surface area contributed by atoms with Gasteiger partial charge in [-0.15, -0.1) is 0 Å². The molecule has 0 amide bonds. The quantitative estimate of drug-likeness (QED) is 0.670. The van der Waals surface area contributed by atoms with Crippen molar-refractivity contribution in [1.29, 1.82) is 0 Å². The van der Waals surface area contributed by atoms with Crippen LogP contribution in [0.5, 0.6) is 0 Å². The molecule has 0 aliphatic rings. The van der Waals surface area contributed by atoms with E-state index in [1.54, 1.807) is 20.5 Å². The van der Waals surface area contributed by atoms with Crippen LogP contribution in [0.15, 0.2) is 6.33 Å². The number of nitrogens with zero attached hydrogens (tertiary/aromatic N) is 3. The van der Waals surface area contributed by atoms with Crippen molar-refractivity contribution in [2.75, 3.05) is 20.8 Å². The zero-order valence-electron chi connectivity index (χ0n) is 11.0. The molecule has 1 heterocycles. The fourth-order valence-electron chi connectivity index (χ4n) is 1.86. The number of hydrogen-bond donors (Lipinski definition) is 1. The zero-order chi connectivity index (χ0) is 12.7. The van der Waals surface area contributed by atoms with Crippen molar-refractivity contribution in [3.63, 3.8) is 0 Å². The van der Waals surface area contributed by atoms with E-state index in [-0.39, 0.29) is 12.3 Å². The molecular formula is C11H22N4O2. The van der Waals surface area contributed by atoms with Crippen molar-refractivity contribution >= 4 is 0 Å². The largest absolute Gasteiger partial charge is 0.354 e. The normalized spacial score (nSPS) is 13.2. The highest BCUT2D eigenvalue weighted by Gasteiger charge is 2.22. The van der Waals surface area contributed by atoms with Crippen LogP contribution < -0.4 is 5.32 Å². The Morgan fingerprint density at radius 2 is 2.06 bits per heavy atom. The van der Waals surface area contributed by atoms with Gasteiger partial charge in [-0.05, 0) is 13.5 Å². The highest BCUT2D eigenvalue weighted by Crippen LogP contribution is 2.07. The van der Waals surface area contributed by atoms with Crippen LogP contribution in [0.25, 0.3) is 0 Å². The van der Waals surface area contributed by atoms with Crippen molar-refractivity contribution in [2.24, 2.45) is 0 Å². The van der Waals surface area contributed by atoms with Gasteiger partial charge in [-0.1, -0.05) is 6.92 Å². The first kappa shape index (κ1) is 14.1. The highest BCUT2D eigenvalue weighted by molar-refractivity contribution is 4.91. The second-order valence-corrected chi connectivity index (χ2v) is 3.70. The Labute approximate surface area is 102 Å². The highest BCUT2D eigenvalue weighted by atomic mass is 16.7. The van der Waals surface area contributed by atoms with Crippen LogP contribution in [-0.2, 0) is 22.4 Å². The number of nitrogens with one attached hydrogen (secondary N) is 1. The molecule has 0 radical (unpaired) electrons. The lowest BCUT2D eigenvalue weighted by Crippen LogP contribution is -2.44. The van der Waals surface area contributed by atoms with Crippen molar-refractivity contribution in [2.45, 2.75) is 39.1 Å². The fraction of sp³-hybridized carbons (Fsp3) is 0.818. The van der Waals surface area contributed by atoms with Crippen molar-refractivity contribution < 1.29 is 9.47 Å². The van der Waals surface area contributed by atoms with Crippen LogP contribution in [0.1, 0.15) is 19.7 Å². The summed E-state index contributed by atoms with van der Waals surface area (Å²) in [6.45, 7) is 5.78. The molecule has 1 aromatic rings. The molecule has 0 aliphatic heterocycles. The number of aromatic nitrogens is 3. The van der Waals surface area contributed by atoms with Crippen LogP contribution in [0.3, 0.4) is 0 Å². The van der Waals surface area contributed by atoms with Gasteiger partial charge in [0, 0.05) is 27.2 Å². The average molecular weight is 242 g/mol. The van der Waals surface area contributed by atoms with Gasteiger partial charge in [0.25, 0.3) is 0 Å². The first-order valence-corrected chi connectivity index (χ1v) is 5.92. The molecular weight excluding hydrogens is 220 g/mol. The summed E-state index contributed by atoms with van der Waals surface area (Å²) in [5.74, 6) is 0.942. The van der Waals surface area contributed by atoms with Crippen molar-refractivity contribution in [1.82, 2.24) is 20.1 Å². The van der Waals surface area contributed by atoms with E-state index in [4.69, 9.17) is 9.47 Å². The molecule has 0 saturated carbocycles. The molecule has 17 heavy (non-hydrogen) atoms. The van der Waals surface area contributed by atoms with Crippen molar-refractivity contribution in [3.05, 3.63) is 12.2 Å². The summed E-state index contributed by atoms with van der Waals surface area (Å²) in [5, 5.41) is 7.50. The standard InChI is InChI=1S/C11H22N4O2/c1-5-12-9(11(16-3)17-4)7-10-13-8-14-15(10)6-2/h8-9,11-12H,5-7H2,1-4H3. The number of methoxy groups -OCH3 is 2. The number of hydrogen-bond acceptors (Lipinski definition) is 5. The van der Waals surface area contributed by atoms with Crippen LogP contribution in [0.4, 0.5) is 0 Å². The minimum absolute atomic E-state index is 0.0736. The SMILES string of the molecule is CCNC(Cc1ncnn1CC)C(OC)OC. The van der Waals surface area contributed by atoms with Gasteiger partial charge in [0.2, 0.25) is 0 Å². The van der Waals surface area contributed by atoms with Gasteiger partial charge in [-0.3, -0.25) is 4.68 Å². The summed E-state index contributed by atoms with van der Waals surface area (Å²) in [7, 11) is 3.28. The number of ether oxygens (including phenoxy) is 2. The van der Waals surface area contributed by atoms with E-state index in [0.29, 0.717) is 0 Å². The van der Waals surface area contributed by atoms with Gasteiger partial charge in [-0.25, -0.2) is 4.98 Å². The Bertz CT molecular complexity index is 312. The predicted octanol–water partition coefficient (Wildman–Crippen LogP) is 0.438. The second kappa shape index (κ2) is 7.37. The van der Waals surface area contributed by atoms with Gasteiger partial charge in [0.15, 0.2) is 6.29 Å². The minimum Gasteiger partial charge on any atom is -0.354 e. The summed E-state index contributed by atoms with van der Waals surface area (Å²) in [5.41, 5.74) is 0. The van der Waals surface area contributed by atoms with Crippen molar-refractivity contribution in [3.8, 4) is 0 Å². The molecule has 0 spiro atoms. The Morgan fingerprint density at radius 1 is 1.35 bits per heavy atom. The summed E-state index contributed by atoms with van der Waals surface area (Å²) in [6, 6.07) is 0.0736. The zero-order valence-corrected chi connectivity index (χ0v) is 11.0. The minimum atomic E-state index is -0.281. The van der Waals surface area contributed by atoms with Crippen LogP contribution in [0, 0.1) is 0 Å². The number of rotatable bonds is 8. The molecule has 1 aromatic heterocycles. The van der Waals surface area contributed by atoms with Gasteiger partial charge in [0.05, 0.1) is 6.04 Å². The van der Waals surface area contributed by atoms with Gasteiger partial charge in [-0.2, -0.15) is 5.10 Å². The molecule has 0 saturated heterocycles. The predicted molar refractivity (Wildman–Crippen MR) is 64.7 cm³/mol. The Kier molecular flexibility index (Phi) is 6.10. The van der Waals surface area contributed by atoms with E-state index < -0.39 is 0 Å². The van der Waals surface area contributed by atoms with Crippen LogP contribution >= 0.6 is 0 Å². The van der Waals surface area contributed by atoms with Gasteiger partial charge in [0.1, 0.15) is 12.2 Å². The summed E-state index contributed by atoms with van der Waals surface area (Å²) in [4.78, 5) is 4.26. The molecule has 6 nitrogen and oxygen atoms in total. The van der Waals surface area contributed by atoms with Crippen LogP contribution in [0.2, 0.25) is 0 Å². The van der Waals surface area contributed by atoms with E-state index in [1.807, 2.05) is 11.6 Å². The number of likely N-dealkylation sites (N-methyl/N-ethyl adjacent to an activating group) is 1. The lowest BCUT2D eigenvalue weighted by atomic mass is 10.2. The maximum Gasteiger partial charge on any atom is 0.172 e. The van der Waals surface area contributed by atoms with Gasteiger partial charge >= 0.3 is 0 Å². The topological polar surface area (TPSA) is 61.2 Å². The van der Waals surface area contributed by atoms with E-state index >= 15 is 0 Å². The Balaban J connectivity index is 2.71. The van der Waals surface area contributed by atoms with E-state index in [0.717, 1.165) is 25.3 Å². The summed E-state index contributed by atoms with van der Waals surface area (Å²) >= 11 is 0. The number of aryl methyl sites for hydroxylation is 1. The van der Waals surface area contributed by atoms with Crippen LogP contribution in [-0.4, -0.2) is 47.9 Å². The first-order chi connectivity index (χ1) is 8.26. The smallest absolute Gasteiger partial charge is 0.172 e. The van der Waals surface area contributed by atoms with E-state index in [9.17, 15) is 0 Å². The Hall–Kier alpha value is -0.980. The molecule has 0 aromatic carbocycles. The molecule has 0 fully saturated rings. The third-order valence-corrected chi connectivity index (χ3v) is 2.66. The average Bonchev–Trinajstić information content (AvgIpc) is 2.78.